The average Bonchev–Trinajstić information content (AvgIpc) is 3.42. The molecule has 0 N–H and O–H groups in total. The fourth-order valence-corrected chi connectivity index (χ4v) is 8.76. The van der Waals surface area contributed by atoms with Gasteiger partial charge in [0.25, 0.3) is 0 Å². The molecule has 0 aliphatic heterocycles. The number of ether oxygens (including phenoxy) is 3. The van der Waals surface area contributed by atoms with Gasteiger partial charge in [-0.3, -0.25) is 14.4 Å². The molecule has 0 bridgehead atoms. The Morgan fingerprint density at radius 3 is 0.855 bits per heavy atom. The first-order chi connectivity index (χ1) is 37.5. The summed E-state index contributed by atoms with van der Waals surface area (Å²) in [6, 6.07) is 0. The second kappa shape index (κ2) is 63.6. The van der Waals surface area contributed by atoms with E-state index in [4.69, 9.17) is 14.2 Å². The molecule has 0 saturated carbocycles. The van der Waals surface area contributed by atoms with Gasteiger partial charge >= 0.3 is 17.9 Å². The van der Waals surface area contributed by atoms with E-state index in [1.807, 2.05) is 0 Å². The van der Waals surface area contributed by atoms with E-state index in [1.54, 1.807) is 0 Å². The number of hydrogen-bond donors (Lipinski definition) is 0. The van der Waals surface area contributed by atoms with Crippen LogP contribution in [0, 0.1) is 0 Å². The summed E-state index contributed by atoms with van der Waals surface area (Å²) >= 11 is 0. The molecule has 1 unspecified atom stereocenters. The molecule has 76 heavy (non-hydrogen) atoms. The summed E-state index contributed by atoms with van der Waals surface area (Å²) in [5, 5.41) is 0. The zero-order valence-corrected chi connectivity index (χ0v) is 49.7. The van der Waals surface area contributed by atoms with Crippen LogP contribution >= 0.6 is 0 Å². The average molecular weight is 1060 g/mol. The molecular weight excluding hydrogens is 937 g/mol. The summed E-state index contributed by atoms with van der Waals surface area (Å²) in [5.41, 5.74) is 0. The molecule has 0 heterocycles. The molecule has 1 atom stereocenters. The molecule has 434 valence electrons. The minimum Gasteiger partial charge on any atom is -0.462 e. The summed E-state index contributed by atoms with van der Waals surface area (Å²) in [7, 11) is 0. The van der Waals surface area contributed by atoms with E-state index in [-0.39, 0.29) is 31.1 Å². The molecule has 0 aromatic heterocycles. The van der Waals surface area contributed by atoms with Crippen LogP contribution in [0.4, 0.5) is 0 Å². The zero-order chi connectivity index (χ0) is 55.0. The second-order valence-corrected chi connectivity index (χ2v) is 20.9. The first-order valence-electron chi connectivity index (χ1n) is 31.9. The lowest BCUT2D eigenvalue weighted by molar-refractivity contribution is -0.167. The van der Waals surface area contributed by atoms with Gasteiger partial charge in [-0.2, -0.15) is 0 Å². The highest BCUT2D eigenvalue weighted by Gasteiger charge is 2.19. The van der Waals surface area contributed by atoms with Gasteiger partial charge in [-0.25, -0.2) is 0 Å². The number of rotatable bonds is 57. The van der Waals surface area contributed by atoms with Crippen LogP contribution in [-0.2, 0) is 28.6 Å². The maximum Gasteiger partial charge on any atom is 0.306 e. The van der Waals surface area contributed by atoms with Crippen molar-refractivity contribution in [3.8, 4) is 0 Å². The smallest absolute Gasteiger partial charge is 0.306 e. The van der Waals surface area contributed by atoms with Gasteiger partial charge in [-0.05, 0) is 103 Å². The molecule has 6 nitrogen and oxygen atoms in total. The Morgan fingerprint density at radius 1 is 0.276 bits per heavy atom. The van der Waals surface area contributed by atoms with Crippen LogP contribution in [0.25, 0.3) is 0 Å². The molecule has 0 aliphatic carbocycles. The highest BCUT2D eigenvalue weighted by atomic mass is 16.6. The zero-order valence-electron chi connectivity index (χ0n) is 49.7. The Labute approximate surface area is 470 Å². The summed E-state index contributed by atoms with van der Waals surface area (Å²) in [6.45, 7) is 6.45. The van der Waals surface area contributed by atoms with Crippen LogP contribution in [0.15, 0.2) is 109 Å². The van der Waals surface area contributed by atoms with Crippen molar-refractivity contribution < 1.29 is 28.6 Å². The van der Waals surface area contributed by atoms with Gasteiger partial charge < -0.3 is 14.2 Å². The van der Waals surface area contributed by atoms with Gasteiger partial charge in [-0.1, -0.05) is 284 Å². The third kappa shape index (κ3) is 60.9. The van der Waals surface area contributed by atoms with Crippen LogP contribution in [-0.4, -0.2) is 37.2 Å². The van der Waals surface area contributed by atoms with Crippen molar-refractivity contribution in [3.63, 3.8) is 0 Å². The lowest BCUT2D eigenvalue weighted by atomic mass is 10.0. The van der Waals surface area contributed by atoms with Gasteiger partial charge in [0.2, 0.25) is 0 Å². The number of allylic oxidation sites excluding steroid dienone is 18. The lowest BCUT2D eigenvalue weighted by Gasteiger charge is -2.18. The van der Waals surface area contributed by atoms with Crippen molar-refractivity contribution in [2.45, 2.75) is 303 Å². The number of esters is 3. The number of carbonyl (C=O) groups excluding carboxylic acids is 3. The van der Waals surface area contributed by atoms with Crippen molar-refractivity contribution in [1.82, 2.24) is 0 Å². The standard InChI is InChI=1S/C70H118O6/c1-4-7-10-13-16-19-22-24-25-26-27-28-29-30-31-32-33-34-35-36-37-38-39-40-41-42-43-44-45-47-48-51-54-57-60-63-69(72)75-66-67(65-74-68(71)62-59-56-53-50-21-18-15-12-9-6-3)76-70(73)64-61-58-55-52-49-46-23-20-17-14-11-8-5-2/h7,10-11,14,16,19-20,23-25,27-28,30-31,33-34,36-37,67H,4-6,8-9,12-13,15,17-18,21-22,26,29,32,35,38-66H2,1-3H3/b10-7-,14-11-,19-16-,23-20-,25-24-,28-27-,31-30-,34-33-,37-36-. The summed E-state index contributed by atoms with van der Waals surface area (Å²) in [6.07, 6.45) is 86.8. The van der Waals surface area contributed by atoms with Crippen molar-refractivity contribution in [2.24, 2.45) is 0 Å². The van der Waals surface area contributed by atoms with Crippen LogP contribution in [0.5, 0.6) is 0 Å². The molecule has 0 radical (unpaired) electrons. The number of carbonyl (C=O) groups is 3. The molecule has 0 aliphatic rings. The van der Waals surface area contributed by atoms with Gasteiger partial charge in [0.1, 0.15) is 13.2 Å². The van der Waals surface area contributed by atoms with E-state index in [2.05, 4.69) is 130 Å². The Morgan fingerprint density at radius 2 is 0.539 bits per heavy atom. The normalized spacial score (nSPS) is 12.8. The van der Waals surface area contributed by atoms with Crippen LogP contribution in [0.2, 0.25) is 0 Å². The fourth-order valence-electron chi connectivity index (χ4n) is 8.76. The first-order valence-corrected chi connectivity index (χ1v) is 31.9. The second-order valence-electron chi connectivity index (χ2n) is 20.9. The maximum atomic E-state index is 12.8. The van der Waals surface area contributed by atoms with Crippen molar-refractivity contribution in [3.05, 3.63) is 109 Å². The summed E-state index contributed by atoms with van der Waals surface area (Å²) in [5.74, 6) is -0.892. The molecule has 0 aromatic carbocycles. The highest BCUT2D eigenvalue weighted by molar-refractivity contribution is 5.71. The fraction of sp³-hybridized carbons (Fsp3) is 0.700. The quantitative estimate of drug-likeness (QED) is 0.0261. The summed E-state index contributed by atoms with van der Waals surface area (Å²) < 4.78 is 16.8. The first kappa shape index (κ1) is 72.1. The van der Waals surface area contributed by atoms with Crippen molar-refractivity contribution >= 4 is 17.9 Å². The highest BCUT2D eigenvalue weighted by Crippen LogP contribution is 2.16. The predicted molar refractivity (Wildman–Crippen MR) is 330 cm³/mol. The maximum absolute atomic E-state index is 12.8. The van der Waals surface area contributed by atoms with Crippen molar-refractivity contribution in [1.29, 1.82) is 0 Å². The van der Waals surface area contributed by atoms with E-state index in [0.717, 1.165) is 135 Å². The SMILES string of the molecule is CC/C=C\C/C=C\C/C=C\C/C=C\C/C=C\C/C=C\C/C=C\CCCCCCCCCCCCCCCC(=O)OCC(COC(=O)CCCCCCCCCCCC)OC(=O)CCCCCCC/C=C\C/C=C\CCC. The van der Waals surface area contributed by atoms with Gasteiger partial charge in [0, 0.05) is 19.3 Å². The monoisotopic (exact) mass is 1050 g/mol. The molecule has 0 spiro atoms. The van der Waals surface area contributed by atoms with Crippen molar-refractivity contribution in [2.75, 3.05) is 13.2 Å². The summed E-state index contributed by atoms with van der Waals surface area (Å²) in [4.78, 5) is 38.1. The van der Waals surface area contributed by atoms with Gasteiger partial charge in [0.15, 0.2) is 6.10 Å². The molecule has 0 fully saturated rings. The molecular formula is C70H118O6. The third-order valence-electron chi connectivity index (χ3n) is 13.5. The largest absolute Gasteiger partial charge is 0.462 e. The molecule has 0 aromatic rings. The third-order valence-corrected chi connectivity index (χ3v) is 13.5. The van der Waals surface area contributed by atoms with E-state index in [1.165, 1.54) is 122 Å². The minimum absolute atomic E-state index is 0.0807. The van der Waals surface area contributed by atoms with Crippen LogP contribution in [0.3, 0.4) is 0 Å². The Hall–Kier alpha value is -3.93. The minimum atomic E-state index is -0.783. The van der Waals surface area contributed by atoms with E-state index < -0.39 is 6.10 Å². The molecule has 0 rings (SSSR count). The lowest BCUT2D eigenvalue weighted by Crippen LogP contribution is -2.30. The van der Waals surface area contributed by atoms with E-state index in [0.29, 0.717) is 19.3 Å². The predicted octanol–water partition coefficient (Wildman–Crippen LogP) is 21.8. The Bertz CT molecular complexity index is 1540. The van der Waals surface area contributed by atoms with E-state index in [9.17, 15) is 14.4 Å². The molecule has 0 saturated heterocycles. The molecule has 0 amide bonds. The van der Waals surface area contributed by atoms with Gasteiger partial charge in [-0.15, -0.1) is 0 Å². The van der Waals surface area contributed by atoms with E-state index >= 15 is 0 Å². The van der Waals surface area contributed by atoms with Crippen LogP contribution in [0.1, 0.15) is 297 Å². The molecule has 6 heteroatoms. The number of hydrogen-bond acceptors (Lipinski definition) is 6. The number of unbranched alkanes of at least 4 members (excludes halogenated alkanes) is 28. The Kier molecular flexibility index (Phi) is 60.3. The van der Waals surface area contributed by atoms with Crippen LogP contribution < -0.4 is 0 Å². The Balaban J connectivity index is 4.10. The topological polar surface area (TPSA) is 78.9 Å². The van der Waals surface area contributed by atoms with Gasteiger partial charge in [0.05, 0.1) is 0 Å².